The molecule has 3 aliphatic carbocycles. The summed E-state index contributed by atoms with van der Waals surface area (Å²) in [4.78, 5) is 30.0. The van der Waals surface area contributed by atoms with Crippen molar-refractivity contribution in [1.82, 2.24) is 15.6 Å². The van der Waals surface area contributed by atoms with Crippen LogP contribution in [0.4, 0.5) is 0 Å². The lowest BCUT2D eigenvalue weighted by Gasteiger charge is -2.56. The molecular weight excluding hydrogens is 426 g/mol. The Labute approximate surface area is 204 Å². The van der Waals surface area contributed by atoms with Crippen molar-refractivity contribution >= 4 is 11.8 Å². The highest BCUT2D eigenvalue weighted by Gasteiger charge is 2.54. The van der Waals surface area contributed by atoms with Gasteiger partial charge in [0.1, 0.15) is 0 Å². The lowest BCUT2D eigenvalue weighted by Crippen LogP contribution is -2.59. The third kappa shape index (κ3) is 5.32. The molecule has 3 fully saturated rings. The molecule has 0 bridgehead atoms. The number of nitrogens with one attached hydrogen (secondary N) is 2. The molecule has 0 radical (unpaired) electrons. The molecule has 7 atom stereocenters. The Balaban J connectivity index is 1.39. The van der Waals surface area contributed by atoms with Crippen molar-refractivity contribution in [3.8, 4) is 0 Å². The molecule has 7 unspecified atom stereocenters. The minimum absolute atomic E-state index is 0.0119. The van der Waals surface area contributed by atoms with Crippen molar-refractivity contribution in [2.24, 2.45) is 35.0 Å². The van der Waals surface area contributed by atoms with Crippen LogP contribution in [-0.4, -0.2) is 34.1 Å². The van der Waals surface area contributed by atoms with Gasteiger partial charge in [0.05, 0.1) is 6.10 Å². The third-order valence-electron chi connectivity index (χ3n) is 9.44. The van der Waals surface area contributed by atoms with Gasteiger partial charge in [-0.05, 0) is 73.3 Å². The number of aliphatic hydroxyl groups excluding tert-OH is 1. The van der Waals surface area contributed by atoms with Crippen LogP contribution in [0, 0.1) is 35.0 Å². The lowest BCUT2D eigenvalue weighted by molar-refractivity contribution is -0.144. The second-order valence-corrected chi connectivity index (χ2v) is 11.6. The summed E-state index contributed by atoms with van der Waals surface area (Å²) < 4.78 is 0. The Hall–Kier alpha value is -1.95. The standard InChI is InChI=1S/C28H43N3O3/c1-18(26(33)30-17-20-8-7-15-29-16-20)22-11-13-28(3)14-12-23(19(2)24(28)25(22)32)31-27(34)21-9-5-4-6-10-21/h7-8,15-16,18-19,21-25,32H,4-6,9-14,17H2,1-3H3,(H,30,33)(H,31,34). The van der Waals surface area contributed by atoms with E-state index in [1.54, 1.807) is 12.4 Å². The number of carbonyl (C=O) groups is 2. The predicted octanol–water partition coefficient (Wildman–Crippen LogP) is 4.22. The maximum absolute atomic E-state index is 13.0. The second-order valence-electron chi connectivity index (χ2n) is 11.6. The molecule has 2 amide bonds. The van der Waals surface area contributed by atoms with E-state index in [4.69, 9.17) is 0 Å². The predicted molar refractivity (Wildman–Crippen MR) is 132 cm³/mol. The van der Waals surface area contributed by atoms with Gasteiger partial charge >= 0.3 is 0 Å². The van der Waals surface area contributed by atoms with Crippen LogP contribution in [0.15, 0.2) is 24.5 Å². The normalized spacial score (nSPS) is 35.1. The zero-order valence-corrected chi connectivity index (χ0v) is 21.1. The Morgan fingerprint density at radius 1 is 1.18 bits per heavy atom. The zero-order chi connectivity index (χ0) is 24.3. The number of hydrogen-bond acceptors (Lipinski definition) is 4. The van der Waals surface area contributed by atoms with Crippen LogP contribution >= 0.6 is 0 Å². The maximum atomic E-state index is 13.0. The average molecular weight is 470 g/mol. The molecule has 34 heavy (non-hydrogen) atoms. The number of nitrogens with zero attached hydrogens (tertiary/aromatic N) is 1. The molecule has 1 aromatic rings. The van der Waals surface area contributed by atoms with E-state index in [0.717, 1.165) is 56.9 Å². The van der Waals surface area contributed by atoms with Gasteiger partial charge in [-0.3, -0.25) is 14.6 Å². The van der Waals surface area contributed by atoms with Gasteiger partial charge in [-0.2, -0.15) is 0 Å². The summed E-state index contributed by atoms with van der Waals surface area (Å²) in [6, 6.07) is 3.92. The fourth-order valence-electron chi connectivity index (χ4n) is 7.21. The number of aromatic nitrogens is 1. The van der Waals surface area contributed by atoms with E-state index in [2.05, 4.69) is 29.5 Å². The number of amides is 2. The first-order valence-corrected chi connectivity index (χ1v) is 13.5. The molecule has 1 aromatic heterocycles. The zero-order valence-electron chi connectivity index (χ0n) is 21.1. The molecule has 3 aliphatic rings. The Kier molecular flexibility index (Phi) is 7.96. The molecule has 3 saturated carbocycles. The van der Waals surface area contributed by atoms with Crippen molar-refractivity contribution < 1.29 is 14.7 Å². The highest BCUT2D eigenvalue weighted by molar-refractivity contribution is 5.79. The summed E-state index contributed by atoms with van der Waals surface area (Å²) in [6.07, 6.45) is 12.4. The van der Waals surface area contributed by atoms with E-state index in [9.17, 15) is 14.7 Å². The highest BCUT2D eigenvalue weighted by atomic mass is 16.3. The Morgan fingerprint density at radius 3 is 2.62 bits per heavy atom. The van der Waals surface area contributed by atoms with Gasteiger partial charge in [0.15, 0.2) is 0 Å². The van der Waals surface area contributed by atoms with Gasteiger partial charge in [0, 0.05) is 36.8 Å². The molecular formula is C28H43N3O3. The van der Waals surface area contributed by atoms with Crippen molar-refractivity contribution in [2.45, 2.75) is 97.2 Å². The van der Waals surface area contributed by atoms with E-state index in [1.165, 1.54) is 6.42 Å². The summed E-state index contributed by atoms with van der Waals surface area (Å²) in [6.45, 7) is 6.91. The number of hydrogen-bond donors (Lipinski definition) is 3. The van der Waals surface area contributed by atoms with Gasteiger partial charge in [-0.25, -0.2) is 0 Å². The average Bonchev–Trinajstić information content (AvgIpc) is 2.85. The summed E-state index contributed by atoms with van der Waals surface area (Å²) in [5.41, 5.74) is 1.03. The SMILES string of the molecule is CC(C(=O)NCc1cccnc1)C1CCC2(C)CCC(NC(=O)C3CCCCC3)C(C)C2C1O. The van der Waals surface area contributed by atoms with Crippen molar-refractivity contribution in [2.75, 3.05) is 0 Å². The molecule has 0 aromatic carbocycles. The molecule has 0 spiro atoms. The molecule has 0 aliphatic heterocycles. The van der Waals surface area contributed by atoms with Crippen LogP contribution in [-0.2, 0) is 16.1 Å². The molecule has 188 valence electrons. The minimum atomic E-state index is -0.540. The molecule has 4 rings (SSSR count). The summed E-state index contributed by atoms with van der Waals surface area (Å²) in [7, 11) is 0. The maximum Gasteiger partial charge on any atom is 0.223 e. The van der Waals surface area contributed by atoms with Crippen molar-refractivity contribution in [3.63, 3.8) is 0 Å². The second kappa shape index (κ2) is 10.8. The quantitative estimate of drug-likeness (QED) is 0.582. The smallest absolute Gasteiger partial charge is 0.223 e. The first kappa shape index (κ1) is 25.2. The van der Waals surface area contributed by atoms with E-state index in [-0.39, 0.29) is 52.9 Å². The molecule has 3 N–H and O–H groups in total. The van der Waals surface area contributed by atoms with E-state index >= 15 is 0 Å². The van der Waals surface area contributed by atoms with Crippen LogP contribution in [0.2, 0.25) is 0 Å². The van der Waals surface area contributed by atoms with Crippen LogP contribution in [0.5, 0.6) is 0 Å². The minimum Gasteiger partial charge on any atom is -0.392 e. The number of aliphatic hydroxyl groups is 1. The summed E-state index contributed by atoms with van der Waals surface area (Å²) >= 11 is 0. The topological polar surface area (TPSA) is 91.3 Å². The Morgan fingerprint density at radius 2 is 1.91 bits per heavy atom. The Bertz CT molecular complexity index is 841. The first-order valence-electron chi connectivity index (χ1n) is 13.5. The fourth-order valence-corrected chi connectivity index (χ4v) is 7.21. The number of carbonyl (C=O) groups excluding carboxylic acids is 2. The fraction of sp³-hybridized carbons (Fsp3) is 0.750. The number of pyridine rings is 1. The van der Waals surface area contributed by atoms with E-state index in [0.29, 0.717) is 6.54 Å². The van der Waals surface area contributed by atoms with Gasteiger partial charge in [-0.15, -0.1) is 0 Å². The van der Waals surface area contributed by atoms with E-state index < -0.39 is 6.10 Å². The van der Waals surface area contributed by atoms with Crippen LogP contribution < -0.4 is 10.6 Å². The molecule has 0 saturated heterocycles. The van der Waals surface area contributed by atoms with Gasteiger partial charge in [0.25, 0.3) is 0 Å². The van der Waals surface area contributed by atoms with E-state index in [1.807, 2.05) is 19.1 Å². The van der Waals surface area contributed by atoms with Crippen molar-refractivity contribution in [1.29, 1.82) is 0 Å². The van der Waals surface area contributed by atoms with Gasteiger partial charge in [0.2, 0.25) is 11.8 Å². The monoisotopic (exact) mass is 469 g/mol. The van der Waals surface area contributed by atoms with Crippen LogP contribution in [0.25, 0.3) is 0 Å². The third-order valence-corrected chi connectivity index (χ3v) is 9.44. The molecule has 6 nitrogen and oxygen atoms in total. The summed E-state index contributed by atoms with van der Waals surface area (Å²) in [5.74, 6) is 0.303. The lowest BCUT2D eigenvalue weighted by atomic mass is 9.51. The van der Waals surface area contributed by atoms with Gasteiger partial charge < -0.3 is 15.7 Å². The molecule has 6 heteroatoms. The largest absolute Gasteiger partial charge is 0.392 e. The molecule has 1 heterocycles. The summed E-state index contributed by atoms with van der Waals surface area (Å²) in [5, 5.41) is 18.0. The van der Waals surface area contributed by atoms with Crippen LogP contribution in [0.1, 0.15) is 84.1 Å². The first-order chi connectivity index (χ1) is 16.3. The van der Waals surface area contributed by atoms with Gasteiger partial charge in [-0.1, -0.05) is 46.1 Å². The number of rotatable bonds is 6. The van der Waals surface area contributed by atoms with Crippen LogP contribution in [0.3, 0.4) is 0 Å². The highest BCUT2D eigenvalue weighted by Crippen LogP contribution is 2.55. The van der Waals surface area contributed by atoms with Crippen molar-refractivity contribution in [3.05, 3.63) is 30.1 Å². The number of fused-ring (bicyclic) bond motifs is 1.